The minimum atomic E-state index is -0.146. The van der Waals surface area contributed by atoms with Crippen LogP contribution < -0.4 is 0 Å². The largest absolute Gasteiger partial charge is 0.385 e. The summed E-state index contributed by atoms with van der Waals surface area (Å²) in [5, 5.41) is 2.75. The van der Waals surface area contributed by atoms with Gasteiger partial charge in [0.1, 0.15) is 0 Å². The van der Waals surface area contributed by atoms with E-state index in [0.29, 0.717) is 37.6 Å². The van der Waals surface area contributed by atoms with E-state index in [9.17, 15) is 9.59 Å². The molecule has 0 radical (unpaired) electrons. The van der Waals surface area contributed by atoms with E-state index in [-0.39, 0.29) is 24.4 Å². The smallest absolute Gasteiger partial charge is 0.242 e. The van der Waals surface area contributed by atoms with Gasteiger partial charge in [0.05, 0.1) is 12.6 Å². The molecule has 0 aliphatic carbocycles. The molecule has 1 atom stereocenters. The first-order valence-corrected chi connectivity index (χ1v) is 11.2. The van der Waals surface area contributed by atoms with Gasteiger partial charge in [-0.15, -0.1) is 11.3 Å². The van der Waals surface area contributed by atoms with Gasteiger partial charge in [-0.2, -0.15) is 0 Å². The van der Waals surface area contributed by atoms with Crippen LogP contribution in [-0.2, 0) is 20.7 Å². The highest BCUT2D eigenvalue weighted by Crippen LogP contribution is 2.38. The third-order valence-corrected chi connectivity index (χ3v) is 6.48. The predicted octanol–water partition coefficient (Wildman–Crippen LogP) is 4.15. The first-order valence-electron chi connectivity index (χ1n) is 9.93. The second-order valence-corrected chi connectivity index (χ2v) is 8.54. The molecular weight excluding hydrogens is 408 g/mol. The Bertz CT molecular complexity index is 837. The number of nitrogens with zero attached hydrogens (tertiary/aromatic N) is 2. The summed E-state index contributed by atoms with van der Waals surface area (Å²) in [6.07, 6.45) is 1.94. The van der Waals surface area contributed by atoms with E-state index in [4.69, 9.17) is 16.3 Å². The zero-order chi connectivity index (χ0) is 20.8. The van der Waals surface area contributed by atoms with Crippen molar-refractivity contribution < 1.29 is 14.3 Å². The number of carbonyl (C=O) groups excluding carboxylic acids is 2. The minimum absolute atomic E-state index is 0.00859. The molecule has 1 aromatic carbocycles. The zero-order valence-electron chi connectivity index (χ0n) is 16.9. The van der Waals surface area contributed by atoms with Crippen molar-refractivity contribution in [2.45, 2.75) is 32.2 Å². The van der Waals surface area contributed by atoms with Crippen LogP contribution in [0.1, 0.15) is 41.8 Å². The summed E-state index contributed by atoms with van der Waals surface area (Å²) in [7, 11) is 1.64. The molecule has 2 aromatic rings. The Kier molecular flexibility index (Phi) is 7.70. The van der Waals surface area contributed by atoms with Crippen molar-refractivity contribution in [1.82, 2.24) is 9.80 Å². The first kappa shape index (κ1) is 21.8. The lowest BCUT2D eigenvalue weighted by Gasteiger charge is -2.37. The van der Waals surface area contributed by atoms with Crippen molar-refractivity contribution in [2.75, 3.05) is 33.4 Å². The van der Waals surface area contributed by atoms with Crippen LogP contribution in [-0.4, -0.2) is 55.0 Å². The number of methoxy groups -OCH3 is 1. The second kappa shape index (κ2) is 10.2. The molecule has 29 heavy (non-hydrogen) atoms. The van der Waals surface area contributed by atoms with Gasteiger partial charge in [-0.25, -0.2) is 0 Å². The van der Waals surface area contributed by atoms with Gasteiger partial charge in [0.25, 0.3) is 0 Å². The summed E-state index contributed by atoms with van der Waals surface area (Å²) in [6.45, 7) is 3.66. The first-order chi connectivity index (χ1) is 14.0. The minimum Gasteiger partial charge on any atom is -0.385 e. The quantitative estimate of drug-likeness (QED) is 0.586. The van der Waals surface area contributed by atoms with Crippen LogP contribution in [0.2, 0.25) is 5.02 Å². The highest BCUT2D eigenvalue weighted by Gasteiger charge is 2.33. The van der Waals surface area contributed by atoms with Crippen molar-refractivity contribution in [3.05, 3.63) is 56.7 Å². The van der Waals surface area contributed by atoms with E-state index in [1.807, 2.05) is 36.1 Å². The summed E-state index contributed by atoms with van der Waals surface area (Å²) in [5.41, 5.74) is 2.21. The van der Waals surface area contributed by atoms with Crippen LogP contribution in [0, 0.1) is 0 Å². The maximum absolute atomic E-state index is 13.3. The summed E-state index contributed by atoms with van der Waals surface area (Å²) >= 11 is 7.81. The molecule has 0 N–H and O–H groups in total. The third-order valence-electron chi connectivity index (χ3n) is 5.23. The van der Waals surface area contributed by atoms with Gasteiger partial charge in [0.15, 0.2) is 0 Å². The zero-order valence-corrected chi connectivity index (χ0v) is 18.5. The Hall–Kier alpha value is -1.89. The number of ether oxygens (including phenoxy) is 1. The number of benzene rings is 1. The van der Waals surface area contributed by atoms with Crippen LogP contribution in [0.15, 0.2) is 35.7 Å². The van der Waals surface area contributed by atoms with E-state index in [1.165, 1.54) is 10.4 Å². The Balaban J connectivity index is 1.83. The van der Waals surface area contributed by atoms with Crippen LogP contribution >= 0.6 is 22.9 Å². The van der Waals surface area contributed by atoms with Crippen molar-refractivity contribution in [1.29, 1.82) is 0 Å². The molecule has 2 heterocycles. The molecule has 5 nitrogen and oxygen atoms in total. The topological polar surface area (TPSA) is 49.9 Å². The van der Waals surface area contributed by atoms with E-state index in [1.54, 1.807) is 23.3 Å². The van der Waals surface area contributed by atoms with Crippen LogP contribution in [0.3, 0.4) is 0 Å². The maximum Gasteiger partial charge on any atom is 0.242 e. The lowest BCUT2D eigenvalue weighted by Crippen LogP contribution is -2.47. The summed E-state index contributed by atoms with van der Waals surface area (Å²) in [5.74, 6) is -0.0354. The Morgan fingerprint density at radius 3 is 2.72 bits per heavy atom. The standard InChI is InChI=1S/C22H27ClN2O3S/c1-3-20(26)24(11-4-13-28-2)15-21(27)25-12-9-19-18(10-14-29-19)22(25)16-5-7-17(23)8-6-16/h5-8,10,14,22H,3-4,9,11-13,15H2,1-2H3. The second-order valence-electron chi connectivity index (χ2n) is 7.11. The molecule has 1 aromatic heterocycles. The molecule has 7 heteroatoms. The predicted molar refractivity (Wildman–Crippen MR) is 116 cm³/mol. The Labute approximate surface area is 181 Å². The molecule has 0 fully saturated rings. The van der Waals surface area contributed by atoms with Gasteiger partial charge in [-0.05, 0) is 47.5 Å². The van der Waals surface area contributed by atoms with Gasteiger partial charge in [0, 0.05) is 43.1 Å². The van der Waals surface area contributed by atoms with Crippen molar-refractivity contribution in [3.8, 4) is 0 Å². The van der Waals surface area contributed by atoms with Crippen LogP contribution in [0.5, 0.6) is 0 Å². The Morgan fingerprint density at radius 2 is 2.03 bits per heavy atom. The number of carbonyl (C=O) groups is 2. The van der Waals surface area contributed by atoms with Gasteiger partial charge in [-0.1, -0.05) is 30.7 Å². The van der Waals surface area contributed by atoms with Gasteiger partial charge in [0.2, 0.25) is 11.8 Å². The van der Waals surface area contributed by atoms with E-state index in [2.05, 4.69) is 11.4 Å². The maximum atomic E-state index is 13.3. The summed E-state index contributed by atoms with van der Waals surface area (Å²) in [4.78, 5) is 30.6. The van der Waals surface area contributed by atoms with Gasteiger partial charge in [-0.3, -0.25) is 9.59 Å². The van der Waals surface area contributed by atoms with E-state index >= 15 is 0 Å². The van der Waals surface area contributed by atoms with Crippen molar-refractivity contribution in [3.63, 3.8) is 0 Å². The molecule has 1 unspecified atom stereocenters. The summed E-state index contributed by atoms with van der Waals surface area (Å²) in [6, 6.07) is 9.63. The lowest BCUT2D eigenvalue weighted by molar-refractivity contribution is -0.141. The summed E-state index contributed by atoms with van der Waals surface area (Å²) < 4.78 is 5.10. The monoisotopic (exact) mass is 434 g/mol. The molecule has 0 saturated heterocycles. The van der Waals surface area contributed by atoms with Crippen LogP contribution in [0.4, 0.5) is 0 Å². The number of thiophene rings is 1. The number of hydrogen-bond acceptors (Lipinski definition) is 4. The molecule has 2 amide bonds. The molecular formula is C22H27ClN2O3S. The highest BCUT2D eigenvalue weighted by atomic mass is 35.5. The molecule has 1 aliphatic heterocycles. The fraction of sp³-hybridized carbons (Fsp3) is 0.455. The number of hydrogen-bond donors (Lipinski definition) is 0. The van der Waals surface area contributed by atoms with Crippen molar-refractivity contribution >= 4 is 34.8 Å². The SMILES string of the molecule is CCC(=O)N(CCCOC)CC(=O)N1CCc2sccc2C1c1ccc(Cl)cc1. The van der Waals surface area contributed by atoms with E-state index in [0.717, 1.165) is 12.0 Å². The molecule has 156 valence electrons. The highest BCUT2D eigenvalue weighted by molar-refractivity contribution is 7.10. The normalized spacial score (nSPS) is 15.8. The number of amides is 2. The van der Waals surface area contributed by atoms with Crippen molar-refractivity contribution in [2.24, 2.45) is 0 Å². The lowest BCUT2D eigenvalue weighted by atomic mass is 9.93. The molecule has 0 saturated carbocycles. The third kappa shape index (κ3) is 5.18. The number of rotatable bonds is 8. The average molecular weight is 435 g/mol. The van der Waals surface area contributed by atoms with E-state index < -0.39 is 0 Å². The van der Waals surface area contributed by atoms with Gasteiger partial charge < -0.3 is 14.5 Å². The van der Waals surface area contributed by atoms with Gasteiger partial charge >= 0.3 is 0 Å². The molecule has 0 bridgehead atoms. The fourth-order valence-corrected chi connectivity index (χ4v) is 4.79. The molecule has 3 rings (SSSR count). The van der Waals surface area contributed by atoms with Crippen LogP contribution in [0.25, 0.3) is 0 Å². The number of fused-ring (bicyclic) bond motifs is 1. The average Bonchev–Trinajstić information content (AvgIpc) is 3.21. The fourth-order valence-electron chi connectivity index (χ4n) is 3.76. The molecule has 0 spiro atoms. The number of halogens is 1. The molecule has 1 aliphatic rings. The Morgan fingerprint density at radius 1 is 1.28 bits per heavy atom.